The van der Waals surface area contributed by atoms with Gasteiger partial charge in [-0.1, -0.05) is 24.3 Å². The number of para-hydroxylation sites is 1. The standard InChI is InChI=1S/C13H10F3NO4S/c14-13(15,16)21-11-8-4-7-10(18)12(11)22(19,20)17-9-5-2-1-3-6-9/h1-8,17-18H. The van der Waals surface area contributed by atoms with Gasteiger partial charge in [-0.05, 0) is 24.3 Å². The van der Waals surface area contributed by atoms with Gasteiger partial charge in [0, 0.05) is 5.69 Å². The molecule has 9 heteroatoms. The fraction of sp³-hybridized carbons (Fsp3) is 0.0769. The number of aromatic hydroxyl groups is 1. The van der Waals surface area contributed by atoms with Crippen LogP contribution in [0.5, 0.6) is 11.5 Å². The van der Waals surface area contributed by atoms with Gasteiger partial charge >= 0.3 is 6.36 Å². The summed E-state index contributed by atoms with van der Waals surface area (Å²) in [5, 5.41) is 9.64. The maximum absolute atomic E-state index is 12.3. The number of sulfonamides is 1. The molecule has 0 heterocycles. The normalized spacial score (nSPS) is 12.0. The van der Waals surface area contributed by atoms with Crippen molar-refractivity contribution in [1.82, 2.24) is 0 Å². The van der Waals surface area contributed by atoms with Crippen LogP contribution in [0.1, 0.15) is 0 Å². The van der Waals surface area contributed by atoms with Crippen LogP contribution in [-0.4, -0.2) is 19.9 Å². The van der Waals surface area contributed by atoms with E-state index in [1.807, 2.05) is 0 Å². The third kappa shape index (κ3) is 3.82. The number of rotatable bonds is 4. The van der Waals surface area contributed by atoms with E-state index in [-0.39, 0.29) is 5.69 Å². The highest BCUT2D eigenvalue weighted by Crippen LogP contribution is 2.36. The van der Waals surface area contributed by atoms with E-state index in [9.17, 15) is 26.7 Å². The first-order chi connectivity index (χ1) is 10.2. The summed E-state index contributed by atoms with van der Waals surface area (Å²) >= 11 is 0. The number of hydrogen-bond acceptors (Lipinski definition) is 4. The molecular weight excluding hydrogens is 323 g/mol. The van der Waals surface area contributed by atoms with Crippen LogP contribution >= 0.6 is 0 Å². The predicted octanol–water partition coefficient (Wildman–Crippen LogP) is 3.09. The van der Waals surface area contributed by atoms with E-state index in [2.05, 4.69) is 9.46 Å². The molecule has 0 radical (unpaired) electrons. The summed E-state index contributed by atoms with van der Waals surface area (Å²) in [5.74, 6) is -1.87. The Balaban J connectivity index is 2.46. The SMILES string of the molecule is O=S(=O)(Nc1ccccc1)c1c(O)cccc1OC(F)(F)F. The molecule has 118 valence electrons. The number of ether oxygens (including phenoxy) is 1. The molecule has 0 fully saturated rings. The Hall–Kier alpha value is -2.42. The second kappa shape index (κ2) is 5.76. The number of alkyl halides is 3. The molecule has 2 N–H and O–H groups in total. The molecule has 0 saturated heterocycles. The van der Waals surface area contributed by atoms with Crippen molar-refractivity contribution >= 4 is 15.7 Å². The zero-order valence-corrected chi connectivity index (χ0v) is 11.6. The van der Waals surface area contributed by atoms with Crippen molar-refractivity contribution in [2.45, 2.75) is 11.3 Å². The number of phenolic OH excluding ortho intramolecular Hbond substituents is 1. The number of halogens is 3. The molecule has 2 rings (SSSR count). The van der Waals surface area contributed by atoms with Gasteiger partial charge in [0.05, 0.1) is 0 Å². The van der Waals surface area contributed by atoms with Gasteiger partial charge < -0.3 is 9.84 Å². The minimum Gasteiger partial charge on any atom is -0.506 e. The Morgan fingerprint density at radius 2 is 1.64 bits per heavy atom. The highest BCUT2D eigenvalue weighted by Gasteiger charge is 2.35. The molecule has 2 aromatic rings. The molecule has 0 saturated carbocycles. The molecule has 2 aromatic carbocycles. The summed E-state index contributed by atoms with van der Waals surface area (Å²) in [6.07, 6.45) is -5.09. The molecule has 0 aliphatic carbocycles. The number of benzene rings is 2. The van der Waals surface area contributed by atoms with E-state index in [4.69, 9.17) is 0 Å². The summed E-state index contributed by atoms with van der Waals surface area (Å²) < 4.78 is 67.2. The first kappa shape index (κ1) is 16.0. The quantitative estimate of drug-likeness (QED) is 0.901. The minimum absolute atomic E-state index is 0.128. The van der Waals surface area contributed by atoms with Crippen molar-refractivity contribution in [2.75, 3.05) is 4.72 Å². The average molecular weight is 333 g/mol. The van der Waals surface area contributed by atoms with Crippen LogP contribution < -0.4 is 9.46 Å². The van der Waals surface area contributed by atoms with Crippen LogP contribution in [0.3, 0.4) is 0 Å². The lowest BCUT2D eigenvalue weighted by molar-refractivity contribution is -0.275. The van der Waals surface area contributed by atoms with Crippen molar-refractivity contribution < 1.29 is 31.4 Å². The van der Waals surface area contributed by atoms with Crippen molar-refractivity contribution in [3.05, 3.63) is 48.5 Å². The number of nitrogens with one attached hydrogen (secondary N) is 1. The van der Waals surface area contributed by atoms with Crippen LogP contribution in [0.25, 0.3) is 0 Å². The molecule has 0 bridgehead atoms. The van der Waals surface area contributed by atoms with E-state index in [0.29, 0.717) is 0 Å². The van der Waals surface area contributed by atoms with Gasteiger partial charge in [0.15, 0.2) is 10.6 Å². The third-order valence-corrected chi connectivity index (χ3v) is 3.93. The molecular formula is C13H10F3NO4S. The molecule has 0 aromatic heterocycles. The average Bonchev–Trinajstić information content (AvgIpc) is 2.36. The van der Waals surface area contributed by atoms with Gasteiger partial charge in [0.2, 0.25) is 0 Å². The van der Waals surface area contributed by atoms with Crippen LogP contribution in [-0.2, 0) is 10.0 Å². The molecule has 0 aliphatic heterocycles. The molecule has 0 atom stereocenters. The summed E-state index contributed by atoms with van der Waals surface area (Å²) in [6.45, 7) is 0. The van der Waals surface area contributed by atoms with E-state index in [0.717, 1.165) is 18.2 Å². The summed E-state index contributed by atoms with van der Waals surface area (Å²) in [7, 11) is -4.47. The first-order valence-corrected chi connectivity index (χ1v) is 7.33. The van der Waals surface area contributed by atoms with Gasteiger partial charge in [0.25, 0.3) is 10.0 Å². The Kier molecular flexibility index (Phi) is 4.18. The number of phenols is 1. The molecule has 0 unspecified atom stereocenters. The van der Waals surface area contributed by atoms with Crippen molar-refractivity contribution in [2.24, 2.45) is 0 Å². The fourth-order valence-electron chi connectivity index (χ4n) is 1.69. The Morgan fingerprint density at radius 1 is 1.00 bits per heavy atom. The second-order valence-corrected chi connectivity index (χ2v) is 5.74. The van der Waals surface area contributed by atoms with Crippen molar-refractivity contribution in [3.8, 4) is 11.5 Å². The second-order valence-electron chi connectivity index (χ2n) is 4.12. The molecule has 0 aliphatic rings. The van der Waals surface area contributed by atoms with E-state index in [1.165, 1.54) is 24.3 Å². The summed E-state index contributed by atoms with van der Waals surface area (Å²) in [5.41, 5.74) is 0.128. The van der Waals surface area contributed by atoms with E-state index in [1.54, 1.807) is 6.07 Å². The largest absolute Gasteiger partial charge is 0.573 e. The number of anilines is 1. The highest BCUT2D eigenvalue weighted by molar-refractivity contribution is 7.93. The van der Waals surface area contributed by atoms with Gasteiger partial charge in [-0.3, -0.25) is 4.72 Å². The molecule has 5 nitrogen and oxygen atoms in total. The van der Waals surface area contributed by atoms with Crippen LogP contribution in [0, 0.1) is 0 Å². The summed E-state index contributed by atoms with van der Waals surface area (Å²) in [4.78, 5) is -0.990. The topological polar surface area (TPSA) is 75.6 Å². The molecule has 0 amide bonds. The smallest absolute Gasteiger partial charge is 0.506 e. The summed E-state index contributed by atoms with van der Waals surface area (Å²) in [6, 6.07) is 10.3. The van der Waals surface area contributed by atoms with Crippen molar-refractivity contribution in [1.29, 1.82) is 0 Å². The highest BCUT2D eigenvalue weighted by atomic mass is 32.2. The van der Waals surface area contributed by atoms with Crippen LogP contribution in [0.2, 0.25) is 0 Å². The van der Waals surface area contributed by atoms with E-state index < -0.39 is 32.8 Å². The monoisotopic (exact) mass is 333 g/mol. The van der Waals surface area contributed by atoms with Gasteiger partial charge in [-0.15, -0.1) is 13.2 Å². The Bertz CT molecular complexity index is 761. The number of hydrogen-bond donors (Lipinski definition) is 2. The Morgan fingerprint density at radius 3 is 2.23 bits per heavy atom. The lowest BCUT2D eigenvalue weighted by Gasteiger charge is -2.15. The maximum atomic E-state index is 12.3. The Labute approximate surface area is 124 Å². The van der Waals surface area contributed by atoms with Crippen LogP contribution in [0.15, 0.2) is 53.4 Å². The van der Waals surface area contributed by atoms with Gasteiger partial charge in [0.1, 0.15) is 5.75 Å². The first-order valence-electron chi connectivity index (χ1n) is 5.85. The van der Waals surface area contributed by atoms with Crippen molar-refractivity contribution in [3.63, 3.8) is 0 Å². The zero-order chi connectivity index (χ0) is 16.4. The van der Waals surface area contributed by atoms with Gasteiger partial charge in [-0.25, -0.2) is 8.42 Å². The van der Waals surface area contributed by atoms with E-state index >= 15 is 0 Å². The minimum atomic E-state index is -5.09. The predicted molar refractivity (Wildman–Crippen MR) is 72.0 cm³/mol. The fourth-order valence-corrected chi connectivity index (χ4v) is 2.96. The maximum Gasteiger partial charge on any atom is 0.573 e. The van der Waals surface area contributed by atoms with Crippen LogP contribution in [0.4, 0.5) is 18.9 Å². The lowest BCUT2D eigenvalue weighted by Crippen LogP contribution is -2.21. The van der Waals surface area contributed by atoms with Gasteiger partial charge in [-0.2, -0.15) is 0 Å². The molecule has 0 spiro atoms. The third-order valence-electron chi connectivity index (χ3n) is 2.48. The molecule has 22 heavy (non-hydrogen) atoms. The zero-order valence-electron chi connectivity index (χ0n) is 10.8. The lowest BCUT2D eigenvalue weighted by atomic mass is 10.3.